The zero-order chi connectivity index (χ0) is 11.6. The number of halogens is 4. The Bertz CT molecular complexity index is 393. The molecule has 0 amide bonds. The predicted molar refractivity (Wildman–Crippen MR) is 55.8 cm³/mol. The first-order chi connectivity index (χ1) is 6.91. The monoisotopic (exact) mass is 330 g/mol. The van der Waals surface area contributed by atoms with E-state index in [0.717, 1.165) is 12.1 Å². The molecule has 0 fully saturated rings. The Balaban J connectivity index is 3.13. The van der Waals surface area contributed by atoms with Gasteiger partial charge in [-0.05, 0) is 41.6 Å². The lowest BCUT2D eigenvalue weighted by molar-refractivity contribution is -0.0522. The van der Waals surface area contributed by atoms with Gasteiger partial charge in [0.25, 0.3) is 0 Å². The van der Waals surface area contributed by atoms with Crippen molar-refractivity contribution < 1.29 is 22.7 Å². The first-order valence-electron chi connectivity index (χ1n) is 3.86. The van der Waals surface area contributed by atoms with Crippen molar-refractivity contribution in [1.82, 2.24) is 0 Å². The Morgan fingerprint density at radius 1 is 1.47 bits per heavy atom. The highest BCUT2D eigenvalue weighted by Gasteiger charge is 2.15. The number of rotatable bonds is 3. The van der Waals surface area contributed by atoms with Crippen molar-refractivity contribution in [2.45, 2.75) is 13.5 Å². The Labute approximate surface area is 97.6 Å². The molecule has 2 nitrogen and oxygen atoms in total. The van der Waals surface area contributed by atoms with Crippen LogP contribution in [0.25, 0.3) is 0 Å². The summed E-state index contributed by atoms with van der Waals surface area (Å²) in [5, 5.41) is 0. The third-order valence-corrected chi connectivity index (χ3v) is 2.51. The first kappa shape index (κ1) is 12.3. The van der Waals surface area contributed by atoms with Gasteiger partial charge in [0.15, 0.2) is 17.3 Å². The summed E-state index contributed by atoms with van der Waals surface area (Å²) in [5.74, 6) is -1.86. The summed E-state index contributed by atoms with van der Waals surface area (Å²) < 4.78 is 41.1. The van der Waals surface area contributed by atoms with E-state index in [-0.39, 0.29) is 11.3 Å². The van der Waals surface area contributed by atoms with Crippen LogP contribution in [-0.2, 0) is 0 Å². The Hall–Kier alpha value is -0.790. The fourth-order valence-corrected chi connectivity index (χ4v) is 1.80. The van der Waals surface area contributed by atoms with Gasteiger partial charge < -0.3 is 4.74 Å². The molecule has 0 aliphatic carbocycles. The van der Waals surface area contributed by atoms with E-state index in [4.69, 9.17) is 0 Å². The maximum absolute atomic E-state index is 13.1. The lowest BCUT2D eigenvalue weighted by Crippen LogP contribution is -2.06. The zero-order valence-electron chi connectivity index (χ0n) is 7.56. The standard InChI is InChI=1S/C9H6F3IO2/c1-4(14)5-2-6(10)8(3-7(5)13)15-9(11)12/h2-3,9H,1H3. The van der Waals surface area contributed by atoms with Crippen LogP contribution in [0.5, 0.6) is 5.75 Å². The Morgan fingerprint density at radius 2 is 2.07 bits per heavy atom. The highest BCUT2D eigenvalue weighted by molar-refractivity contribution is 14.1. The molecule has 0 saturated heterocycles. The SMILES string of the molecule is CC(=O)c1cc(F)c(OC(F)F)cc1I. The number of carbonyl (C=O) groups is 1. The third kappa shape index (κ3) is 3.08. The van der Waals surface area contributed by atoms with Crippen LogP contribution < -0.4 is 4.74 Å². The summed E-state index contributed by atoms with van der Waals surface area (Å²) in [7, 11) is 0. The zero-order valence-corrected chi connectivity index (χ0v) is 9.72. The van der Waals surface area contributed by atoms with Crippen molar-refractivity contribution in [3.63, 3.8) is 0 Å². The molecular formula is C9H6F3IO2. The molecule has 0 saturated carbocycles. The van der Waals surface area contributed by atoms with E-state index in [2.05, 4.69) is 4.74 Å². The number of hydrogen-bond acceptors (Lipinski definition) is 2. The van der Waals surface area contributed by atoms with Crippen LogP contribution in [0.15, 0.2) is 12.1 Å². The summed E-state index contributed by atoms with van der Waals surface area (Å²) in [5.41, 5.74) is 0.148. The molecule has 0 radical (unpaired) electrons. The molecule has 1 rings (SSSR count). The summed E-state index contributed by atoms with van der Waals surface area (Å²) in [6.07, 6.45) is 0. The van der Waals surface area contributed by atoms with Crippen LogP contribution in [0.4, 0.5) is 13.2 Å². The predicted octanol–water partition coefficient (Wildman–Crippen LogP) is 3.23. The van der Waals surface area contributed by atoms with Crippen LogP contribution in [0.2, 0.25) is 0 Å². The van der Waals surface area contributed by atoms with Crippen molar-refractivity contribution in [2.75, 3.05) is 0 Å². The second-order valence-corrected chi connectivity index (χ2v) is 3.86. The van der Waals surface area contributed by atoms with Gasteiger partial charge in [0.1, 0.15) is 0 Å². The second kappa shape index (κ2) is 4.82. The average molecular weight is 330 g/mol. The molecule has 82 valence electrons. The molecule has 15 heavy (non-hydrogen) atoms. The van der Waals surface area contributed by atoms with Crippen LogP contribution in [0.1, 0.15) is 17.3 Å². The van der Waals surface area contributed by atoms with E-state index in [0.29, 0.717) is 3.57 Å². The van der Waals surface area contributed by atoms with E-state index in [9.17, 15) is 18.0 Å². The molecule has 0 bridgehead atoms. The van der Waals surface area contributed by atoms with Gasteiger partial charge in [-0.25, -0.2) is 4.39 Å². The Morgan fingerprint density at radius 3 is 2.53 bits per heavy atom. The normalized spacial score (nSPS) is 10.5. The molecule has 0 atom stereocenters. The number of alkyl halides is 2. The van der Waals surface area contributed by atoms with Crippen molar-refractivity contribution in [2.24, 2.45) is 0 Å². The number of carbonyl (C=O) groups excluding carboxylic acids is 1. The minimum absolute atomic E-state index is 0.148. The van der Waals surface area contributed by atoms with Gasteiger partial charge in [0, 0.05) is 9.13 Å². The van der Waals surface area contributed by atoms with Crippen molar-refractivity contribution in [1.29, 1.82) is 0 Å². The highest BCUT2D eigenvalue weighted by atomic mass is 127. The molecule has 0 aromatic heterocycles. The van der Waals surface area contributed by atoms with Gasteiger partial charge in [-0.3, -0.25) is 4.79 Å². The van der Waals surface area contributed by atoms with Crippen LogP contribution in [0.3, 0.4) is 0 Å². The smallest absolute Gasteiger partial charge is 0.387 e. The quantitative estimate of drug-likeness (QED) is 0.628. The van der Waals surface area contributed by atoms with Gasteiger partial charge in [-0.1, -0.05) is 0 Å². The number of ether oxygens (including phenoxy) is 1. The number of Topliss-reactive ketones (excluding diaryl/α,β-unsaturated/α-hetero) is 1. The van der Waals surface area contributed by atoms with Crippen LogP contribution in [0, 0.1) is 9.39 Å². The van der Waals surface area contributed by atoms with Gasteiger partial charge in [-0.15, -0.1) is 0 Å². The summed E-state index contributed by atoms with van der Waals surface area (Å²) in [4.78, 5) is 11.0. The number of hydrogen-bond donors (Lipinski definition) is 0. The fourth-order valence-electron chi connectivity index (χ4n) is 0.985. The second-order valence-electron chi connectivity index (χ2n) is 2.70. The van der Waals surface area contributed by atoms with Crippen molar-refractivity contribution in [3.05, 3.63) is 27.1 Å². The van der Waals surface area contributed by atoms with Crippen LogP contribution >= 0.6 is 22.6 Å². The maximum atomic E-state index is 13.1. The molecule has 0 heterocycles. The molecule has 1 aromatic carbocycles. The lowest BCUT2D eigenvalue weighted by atomic mass is 10.1. The number of benzene rings is 1. The number of ketones is 1. The summed E-state index contributed by atoms with van der Waals surface area (Å²) in [6.45, 7) is -1.82. The molecule has 0 aliphatic rings. The lowest BCUT2D eigenvalue weighted by Gasteiger charge is -2.08. The molecular weight excluding hydrogens is 324 g/mol. The van der Waals surface area contributed by atoms with Crippen LogP contribution in [-0.4, -0.2) is 12.4 Å². The van der Waals surface area contributed by atoms with E-state index in [1.54, 1.807) is 22.6 Å². The maximum Gasteiger partial charge on any atom is 0.387 e. The molecule has 6 heteroatoms. The molecule has 0 aliphatic heterocycles. The minimum atomic E-state index is -3.08. The van der Waals surface area contributed by atoms with Crippen molar-refractivity contribution in [3.8, 4) is 5.75 Å². The molecule has 0 unspecified atom stereocenters. The first-order valence-corrected chi connectivity index (χ1v) is 4.94. The Kier molecular flexibility index (Phi) is 3.95. The summed E-state index contributed by atoms with van der Waals surface area (Å²) >= 11 is 1.75. The molecule has 0 N–H and O–H groups in total. The van der Waals surface area contributed by atoms with Gasteiger partial charge in [-0.2, -0.15) is 8.78 Å². The summed E-state index contributed by atoms with van der Waals surface area (Å²) in [6, 6.07) is 1.96. The van der Waals surface area contributed by atoms with Gasteiger partial charge in [0.2, 0.25) is 0 Å². The van der Waals surface area contributed by atoms with E-state index < -0.39 is 18.2 Å². The fraction of sp³-hybridized carbons (Fsp3) is 0.222. The third-order valence-electron chi connectivity index (χ3n) is 1.62. The van der Waals surface area contributed by atoms with E-state index >= 15 is 0 Å². The van der Waals surface area contributed by atoms with Gasteiger partial charge >= 0.3 is 6.61 Å². The minimum Gasteiger partial charge on any atom is -0.432 e. The van der Waals surface area contributed by atoms with Crippen molar-refractivity contribution >= 4 is 28.4 Å². The van der Waals surface area contributed by atoms with E-state index in [1.165, 1.54) is 6.92 Å². The van der Waals surface area contributed by atoms with Gasteiger partial charge in [0.05, 0.1) is 0 Å². The highest BCUT2D eigenvalue weighted by Crippen LogP contribution is 2.25. The topological polar surface area (TPSA) is 26.3 Å². The molecule has 1 aromatic rings. The van der Waals surface area contributed by atoms with E-state index in [1.807, 2.05) is 0 Å². The molecule has 0 spiro atoms. The average Bonchev–Trinajstić information content (AvgIpc) is 2.09. The largest absolute Gasteiger partial charge is 0.432 e.